The van der Waals surface area contributed by atoms with E-state index < -0.39 is 0 Å². The molecule has 19 heavy (non-hydrogen) atoms. The van der Waals surface area contributed by atoms with E-state index in [9.17, 15) is 0 Å². The lowest BCUT2D eigenvalue weighted by molar-refractivity contribution is 0.309. The van der Waals surface area contributed by atoms with Gasteiger partial charge in [-0.2, -0.15) is 0 Å². The minimum absolute atomic E-state index is 0.609. The molecule has 0 spiro atoms. The zero-order valence-electron chi connectivity index (χ0n) is 11.2. The maximum absolute atomic E-state index is 5.99. The third-order valence-electron chi connectivity index (χ3n) is 2.78. The molecule has 1 aromatic carbocycles. The first-order chi connectivity index (χ1) is 9.19. The molecule has 0 unspecified atom stereocenters. The van der Waals surface area contributed by atoms with Crippen LogP contribution in [-0.2, 0) is 13.2 Å². The molecule has 0 saturated heterocycles. The number of benzene rings is 1. The summed E-state index contributed by atoms with van der Waals surface area (Å²) in [7, 11) is 0. The first-order valence-corrected chi connectivity index (χ1v) is 7.55. The fraction of sp³-hybridized carbons (Fsp3) is 0.333. The van der Waals surface area contributed by atoms with Crippen LogP contribution in [0, 0.1) is 6.92 Å². The average molecular weight is 296 g/mol. The van der Waals surface area contributed by atoms with Crippen LogP contribution in [0.2, 0.25) is 5.02 Å². The van der Waals surface area contributed by atoms with Gasteiger partial charge in [0.15, 0.2) is 0 Å². The van der Waals surface area contributed by atoms with E-state index in [0.717, 1.165) is 29.4 Å². The Morgan fingerprint density at radius 1 is 1.21 bits per heavy atom. The highest BCUT2D eigenvalue weighted by Gasteiger charge is 2.02. The number of aryl methyl sites for hydroxylation is 1. The highest BCUT2D eigenvalue weighted by atomic mass is 35.5. The molecule has 4 heteroatoms. The van der Waals surface area contributed by atoms with Crippen LogP contribution in [-0.4, -0.2) is 6.54 Å². The van der Waals surface area contributed by atoms with Gasteiger partial charge in [-0.3, -0.25) is 0 Å². The van der Waals surface area contributed by atoms with Gasteiger partial charge in [-0.25, -0.2) is 0 Å². The maximum Gasteiger partial charge on any atom is 0.122 e. The van der Waals surface area contributed by atoms with Gasteiger partial charge in [-0.1, -0.05) is 18.5 Å². The summed E-state index contributed by atoms with van der Waals surface area (Å²) in [6.07, 6.45) is 0. The van der Waals surface area contributed by atoms with E-state index in [0.29, 0.717) is 6.61 Å². The summed E-state index contributed by atoms with van der Waals surface area (Å²) in [6.45, 7) is 6.63. The zero-order valence-corrected chi connectivity index (χ0v) is 12.8. The molecule has 2 rings (SSSR count). The van der Waals surface area contributed by atoms with E-state index in [1.165, 1.54) is 9.75 Å². The largest absolute Gasteiger partial charge is 0.488 e. The van der Waals surface area contributed by atoms with Crippen LogP contribution < -0.4 is 10.1 Å². The summed E-state index contributed by atoms with van der Waals surface area (Å²) in [5.41, 5.74) is 1.04. The van der Waals surface area contributed by atoms with Crippen LogP contribution >= 0.6 is 22.9 Å². The molecule has 0 aliphatic rings. The maximum atomic E-state index is 5.99. The number of rotatable bonds is 6. The number of hydrogen-bond donors (Lipinski definition) is 1. The molecular formula is C15H18ClNOS. The van der Waals surface area contributed by atoms with Gasteiger partial charge in [0.05, 0.1) is 0 Å². The van der Waals surface area contributed by atoms with Crippen molar-refractivity contribution >= 4 is 22.9 Å². The van der Waals surface area contributed by atoms with Crippen molar-refractivity contribution in [3.05, 3.63) is 50.7 Å². The topological polar surface area (TPSA) is 21.3 Å². The lowest BCUT2D eigenvalue weighted by Gasteiger charge is -2.06. The number of hydrogen-bond acceptors (Lipinski definition) is 3. The molecule has 0 atom stereocenters. The number of ether oxygens (including phenoxy) is 1. The van der Waals surface area contributed by atoms with Crippen LogP contribution in [0.1, 0.15) is 22.2 Å². The average Bonchev–Trinajstić information content (AvgIpc) is 2.86. The van der Waals surface area contributed by atoms with Crippen molar-refractivity contribution in [2.45, 2.75) is 27.0 Å². The SMILES string of the molecule is CCNCc1ccc(COc2ccc(Cl)c(C)c2)s1. The van der Waals surface area contributed by atoms with Crippen LogP contribution in [0.3, 0.4) is 0 Å². The number of nitrogens with one attached hydrogen (secondary N) is 1. The van der Waals surface area contributed by atoms with E-state index in [-0.39, 0.29) is 0 Å². The molecular weight excluding hydrogens is 278 g/mol. The van der Waals surface area contributed by atoms with E-state index >= 15 is 0 Å². The minimum Gasteiger partial charge on any atom is -0.488 e. The van der Waals surface area contributed by atoms with Crippen molar-refractivity contribution in [3.63, 3.8) is 0 Å². The Balaban J connectivity index is 1.91. The molecule has 1 N–H and O–H groups in total. The van der Waals surface area contributed by atoms with Crippen molar-refractivity contribution < 1.29 is 4.74 Å². The second-order valence-electron chi connectivity index (χ2n) is 4.35. The molecule has 0 fully saturated rings. The summed E-state index contributed by atoms with van der Waals surface area (Å²) < 4.78 is 5.78. The summed E-state index contributed by atoms with van der Waals surface area (Å²) in [6, 6.07) is 10.0. The third-order valence-corrected chi connectivity index (χ3v) is 4.26. The van der Waals surface area contributed by atoms with Crippen LogP contribution in [0.15, 0.2) is 30.3 Å². The molecule has 0 aliphatic carbocycles. The Hall–Kier alpha value is -1.03. The lowest BCUT2D eigenvalue weighted by atomic mass is 10.2. The molecule has 2 nitrogen and oxygen atoms in total. The molecule has 0 saturated carbocycles. The highest BCUT2D eigenvalue weighted by molar-refractivity contribution is 7.11. The summed E-state index contributed by atoms with van der Waals surface area (Å²) >= 11 is 7.78. The van der Waals surface area contributed by atoms with Gasteiger partial charge in [-0.15, -0.1) is 11.3 Å². The van der Waals surface area contributed by atoms with Gasteiger partial charge < -0.3 is 10.1 Å². The summed E-state index contributed by atoms with van der Waals surface area (Å²) in [5, 5.41) is 4.09. The van der Waals surface area contributed by atoms with Gasteiger partial charge in [0.1, 0.15) is 12.4 Å². The molecule has 2 aromatic rings. The van der Waals surface area contributed by atoms with Gasteiger partial charge in [0.2, 0.25) is 0 Å². The number of halogens is 1. The Bertz CT molecular complexity index is 539. The highest BCUT2D eigenvalue weighted by Crippen LogP contribution is 2.23. The van der Waals surface area contributed by atoms with Crippen LogP contribution in [0.4, 0.5) is 0 Å². The standard InChI is InChI=1S/C15H18ClNOS/c1-3-17-9-13-5-6-14(19-13)10-18-12-4-7-15(16)11(2)8-12/h4-8,17H,3,9-10H2,1-2H3. The van der Waals surface area contributed by atoms with Gasteiger partial charge in [0, 0.05) is 21.3 Å². The van der Waals surface area contributed by atoms with Crippen molar-refractivity contribution in [1.29, 1.82) is 0 Å². The van der Waals surface area contributed by atoms with Crippen molar-refractivity contribution in [3.8, 4) is 5.75 Å². The second-order valence-corrected chi connectivity index (χ2v) is 6.01. The Labute approximate surface area is 123 Å². The van der Waals surface area contributed by atoms with Gasteiger partial charge in [0.25, 0.3) is 0 Å². The predicted octanol–water partition coefficient (Wildman–Crippen LogP) is 4.40. The summed E-state index contributed by atoms with van der Waals surface area (Å²) in [4.78, 5) is 2.58. The van der Waals surface area contributed by atoms with E-state index in [2.05, 4.69) is 24.4 Å². The molecule has 1 heterocycles. The molecule has 102 valence electrons. The van der Waals surface area contributed by atoms with Crippen molar-refractivity contribution in [1.82, 2.24) is 5.32 Å². The van der Waals surface area contributed by atoms with Crippen molar-refractivity contribution in [2.75, 3.05) is 6.54 Å². The first kappa shape index (κ1) is 14.4. The smallest absolute Gasteiger partial charge is 0.122 e. The fourth-order valence-corrected chi connectivity index (χ4v) is 2.72. The number of thiophene rings is 1. The summed E-state index contributed by atoms with van der Waals surface area (Å²) in [5.74, 6) is 0.864. The normalized spacial score (nSPS) is 10.7. The predicted molar refractivity (Wildman–Crippen MR) is 82.2 cm³/mol. The third kappa shape index (κ3) is 4.23. The monoisotopic (exact) mass is 295 g/mol. The van der Waals surface area contributed by atoms with Gasteiger partial charge in [-0.05, 0) is 49.4 Å². The lowest BCUT2D eigenvalue weighted by Crippen LogP contribution is -2.10. The van der Waals surface area contributed by atoms with E-state index in [1.807, 2.05) is 25.1 Å². The first-order valence-electron chi connectivity index (χ1n) is 6.36. The van der Waals surface area contributed by atoms with Crippen LogP contribution in [0.5, 0.6) is 5.75 Å². The quantitative estimate of drug-likeness (QED) is 0.853. The van der Waals surface area contributed by atoms with E-state index in [4.69, 9.17) is 16.3 Å². The zero-order chi connectivity index (χ0) is 13.7. The van der Waals surface area contributed by atoms with Crippen molar-refractivity contribution in [2.24, 2.45) is 0 Å². The minimum atomic E-state index is 0.609. The van der Waals surface area contributed by atoms with Gasteiger partial charge >= 0.3 is 0 Å². The molecule has 0 amide bonds. The fourth-order valence-electron chi connectivity index (χ4n) is 1.70. The molecule has 0 aliphatic heterocycles. The Morgan fingerprint density at radius 2 is 2.00 bits per heavy atom. The molecule has 1 aromatic heterocycles. The Morgan fingerprint density at radius 3 is 2.74 bits per heavy atom. The van der Waals surface area contributed by atoms with Crippen LogP contribution in [0.25, 0.3) is 0 Å². The molecule has 0 radical (unpaired) electrons. The second kappa shape index (κ2) is 6.94. The van der Waals surface area contributed by atoms with E-state index in [1.54, 1.807) is 11.3 Å². The Kier molecular flexibility index (Phi) is 5.25. The molecule has 0 bridgehead atoms.